The van der Waals surface area contributed by atoms with E-state index < -0.39 is 15.8 Å². The van der Waals surface area contributed by atoms with Crippen LogP contribution in [0.4, 0.5) is 10.2 Å². The van der Waals surface area contributed by atoms with Gasteiger partial charge in [-0.1, -0.05) is 30.3 Å². The minimum absolute atomic E-state index is 0.0592. The zero-order chi connectivity index (χ0) is 15.7. The Kier molecular flexibility index (Phi) is 3.42. The molecule has 0 aliphatic heterocycles. The van der Waals surface area contributed by atoms with Gasteiger partial charge in [0.15, 0.2) is 5.82 Å². The van der Waals surface area contributed by atoms with Crippen molar-refractivity contribution in [1.29, 1.82) is 0 Å². The van der Waals surface area contributed by atoms with Crippen LogP contribution < -0.4 is 5.73 Å². The highest BCUT2D eigenvalue weighted by Gasteiger charge is 2.20. The van der Waals surface area contributed by atoms with Crippen LogP contribution in [-0.4, -0.2) is 17.6 Å². The summed E-state index contributed by atoms with van der Waals surface area (Å²) in [6.07, 6.45) is 1.35. The number of nitrogen functional groups attached to an aromatic ring is 1. The van der Waals surface area contributed by atoms with Crippen LogP contribution in [0.1, 0.15) is 0 Å². The number of rotatable bonds is 3. The van der Waals surface area contributed by atoms with E-state index in [0.29, 0.717) is 5.56 Å². The highest BCUT2D eigenvalue weighted by molar-refractivity contribution is 7.89. The van der Waals surface area contributed by atoms with E-state index >= 15 is 0 Å². The summed E-state index contributed by atoms with van der Waals surface area (Å²) in [6, 6.07) is 13.6. The number of benzene rings is 2. The monoisotopic (exact) mass is 317 g/mol. The second-order valence-electron chi connectivity index (χ2n) is 4.63. The van der Waals surface area contributed by atoms with Crippen LogP contribution in [0.3, 0.4) is 0 Å². The van der Waals surface area contributed by atoms with E-state index in [4.69, 9.17) is 5.73 Å². The number of anilines is 1. The molecule has 0 radical (unpaired) electrons. The van der Waals surface area contributed by atoms with E-state index in [9.17, 15) is 12.8 Å². The lowest BCUT2D eigenvalue weighted by Gasteiger charge is -2.03. The van der Waals surface area contributed by atoms with E-state index in [-0.39, 0.29) is 10.7 Å². The molecule has 22 heavy (non-hydrogen) atoms. The van der Waals surface area contributed by atoms with Gasteiger partial charge < -0.3 is 5.73 Å². The summed E-state index contributed by atoms with van der Waals surface area (Å²) < 4.78 is 38.7. The summed E-state index contributed by atoms with van der Waals surface area (Å²) in [5.74, 6) is -0.402. The van der Waals surface area contributed by atoms with Crippen molar-refractivity contribution < 1.29 is 12.8 Å². The van der Waals surface area contributed by atoms with Crippen LogP contribution in [0.25, 0.3) is 11.1 Å². The molecule has 2 aromatic carbocycles. The molecule has 3 aromatic rings. The highest BCUT2D eigenvalue weighted by atomic mass is 32.2. The lowest BCUT2D eigenvalue weighted by Crippen LogP contribution is -2.13. The summed E-state index contributed by atoms with van der Waals surface area (Å²) in [7, 11) is -3.91. The van der Waals surface area contributed by atoms with Gasteiger partial charge in [-0.25, -0.2) is 4.39 Å². The third-order valence-corrected chi connectivity index (χ3v) is 4.71. The lowest BCUT2D eigenvalue weighted by molar-refractivity contribution is 0.579. The molecule has 1 aromatic heterocycles. The first-order chi connectivity index (χ1) is 10.5. The van der Waals surface area contributed by atoms with Crippen molar-refractivity contribution in [1.82, 2.24) is 9.19 Å². The molecule has 0 saturated carbocycles. The topological polar surface area (TPSA) is 78.0 Å². The van der Waals surface area contributed by atoms with E-state index in [2.05, 4.69) is 5.10 Å². The van der Waals surface area contributed by atoms with Gasteiger partial charge in [-0.2, -0.15) is 12.5 Å². The molecule has 0 amide bonds. The molecule has 112 valence electrons. The highest BCUT2D eigenvalue weighted by Crippen LogP contribution is 2.26. The standard InChI is InChI=1S/C15H12FN3O2S/c16-12-6-8-13(9-7-12)22(20,21)19-10-14(15(17)18-19)11-4-2-1-3-5-11/h1-10H,(H2,17,18). The third kappa shape index (κ3) is 2.46. The number of hydrogen-bond donors (Lipinski definition) is 1. The minimum Gasteiger partial charge on any atom is -0.382 e. The van der Waals surface area contributed by atoms with Crippen molar-refractivity contribution in [3.63, 3.8) is 0 Å². The van der Waals surface area contributed by atoms with Crippen LogP contribution in [0, 0.1) is 5.82 Å². The molecule has 0 aliphatic rings. The van der Waals surface area contributed by atoms with Crippen LogP contribution in [-0.2, 0) is 10.0 Å². The summed E-state index contributed by atoms with van der Waals surface area (Å²) in [4.78, 5) is -0.0592. The van der Waals surface area contributed by atoms with Gasteiger partial charge >= 0.3 is 0 Å². The van der Waals surface area contributed by atoms with Crippen molar-refractivity contribution in [3.05, 3.63) is 66.6 Å². The first-order valence-electron chi connectivity index (χ1n) is 6.40. The van der Waals surface area contributed by atoms with Crippen LogP contribution in [0.5, 0.6) is 0 Å². The SMILES string of the molecule is Nc1nn(S(=O)(=O)c2ccc(F)cc2)cc1-c1ccccc1. The van der Waals surface area contributed by atoms with Gasteiger partial charge in [-0.3, -0.25) is 0 Å². The molecule has 5 nitrogen and oxygen atoms in total. The summed E-state index contributed by atoms with van der Waals surface area (Å²) in [5.41, 5.74) is 7.10. The van der Waals surface area contributed by atoms with Crippen molar-refractivity contribution in [2.45, 2.75) is 4.90 Å². The van der Waals surface area contributed by atoms with E-state index in [0.717, 1.165) is 21.8 Å². The zero-order valence-corrected chi connectivity index (χ0v) is 12.2. The third-order valence-electron chi connectivity index (χ3n) is 3.16. The normalized spacial score (nSPS) is 11.5. The summed E-state index contributed by atoms with van der Waals surface area (Å²) in [6.45, 7) is 0. The first-order valence-corrected chi connectivity index (χ1v) is 7.84. The van der Waals surface area contributed by atoms with E-state index in [1.807, 2.05) is 30.3 Å². The first kappa shape index (κ1) is 14.3. The van der Waals surface area contributed by atoms with Crippen LogP contribution >= 0.6 is 0 Å². The molecule has 0 saturated heterocycles. The maximum absolute atomic E-state index is 12.9. The molecule has 0 aliphatic carbocycles. The number of hydrogen-bond acceptors (Lipinski definition) is 4. The van der Waals surface area contributed by atoms with Crippen molar-refractivity contribution in [2.75, 3.05) is 5.73 Å². The maximum atomic E-state index is 12.9. The van der Waals surface area contributed by atoms with Gasteiger partial charge in [0.2, 0.25) is 0 Å². The Morgan fingerprint density at radius 2 is 1.64 bits per heavy atom. The average molecular weight is 317 g/mol. The maximum Gasteiger partial charge on any atom is 0.283 e. The predicted octanol–water partition coefficient (Wildman–Crippen LogP) is 2.51. The summed E-state index contributed by atoms with van der Waals surface area (Å²) in [5, 5.41) is 3.87. The number of nitrogens with zero attached hydrogens (tertiary/aromatic N) is 2. The molecule has 0 bridgehead atoms. The lowest BCUT2D eigenvalue weighted by atomic mass is 10.1. The number of nitrogens with two attached hydrogens (primary N) is 1. The van der Waals surface area contributed by atoms with Gasteiger partial charge in [0.25, 0.3) is 10.0 Å². The van der Waals surface area contributed by atoms with Gasteiger partial charge in [-0.15, -0.1) is 5.10 Å². The molecule has 0 unspecified atom stereocenters. The Bertz CT molecular complexity index is 904. The van der Waals surface area contributed by atoms with Gasteiger partial charge in [-0.05, 0) is 29.8 Å². The molecule has 0 fully saturated rings. The Hall–Kier alpha value is -2.67. The zero-order valence-electron chi connectivity index (χ0n) is 11.3. The quantitative estimate of drug-likeness (QED) is 0.805. The van der Waals surface area contributed by atoms with Crippen molar-refractivity contribution in [2.24, 2.45) is 0 Å². The molecular formula is C15H12FN3O2S. The van der Waals surface area contributed by atoms with Crippen LogP contribution in [0.15, 0.2) is 65.7 Å². The van der Waals surface area contributed by atoms with E-state index in [1.54, 1.807) is 0 Å². The second-order valence-corrected chi connectivity index (χ2v) is 6.42. The number of halogens is 1. The predicted molar refractivity (Wildman–Crippen MR) is 81.1 cm³/mol. The Morgan fingerprint density at radius 1 is 1.00 bits per heavy atom. The van der Waals surface area contributed by atoms with Crippen molar-refractivity contribution >= 4 is 15.8 Å². The average Bonchev–Trinajstić information content (AvgIpc) is 2.91. The van der Waals surface area contributed by atoms with E-state index in [1.165, 1.54) is 18.3 Å². The molecule has 7 heteroatoms. The second kappa shape index (κ2) is 5.27. The smallest absolute Gasteiger partial charge is 0.283 e. The molecular weight excluding hydrogens is 305 g/mol. The number of aromatic nitrogens is 2. The molecule has 1 heterocycles. The molecule has 0 atom stereocenters. The van der Waals surface area contributed by atoms with Gasteiger partial charge in [0.1, 0.15) is 5.82 Å². The fourth-order valence-electron chi connectivity index (χ4n) is 2.04. The van der Waals surface area contributed by atoms with Gasteiger partial charge in [0, 0.05) is 5.56 Å². The molecule has 3 rings (SSSR count). The van der Waals surface area contributed by atoms with Crippen LogP contribution in [0.2, 0.25) is 0 Å². The Balaban J connectivity index is 2.08. The largest absolute Gasteiger partial charge is 0.382 e. The van der Waals surface area contributed by atoms with Crippen molar-refractivity contribution in [3.8, 4) is 11.1 Å². The minimum atomic E-state index is -3.91. The Labute approximate surface area is 126 Å². The fourth-order valence-corrected chi connectivity index (χ4v) is 3.18. The fraction of sp³-hybridized carbons (Fsp3) is 0. The molecule has 0 spiro atoms. The summed E-state index contributed by atoms with van der Waals surface area (Å²) >= 11 is 0. The Morgan fingerprint density at radius 3 is 2.27 bits per heavy atom. The van der Waals surface area contributed by atoms with Gasteiger partial charge in [0.05, 0.1) is 11.1 Å². The molecule has 2 N–H and O–H groups in total.